The van der Waals surface area contributed by atoms with Gasteiger partial charge in [-0.1, -0.05) is 199 Å². The third-order valence-electron chi connectivity index (χ3n) is 15.5. The number of hydrogen-bond donors (Lipinski definition) is 0. The zero-order valence-electron chi connectivity index (χ0n) is 39.6. The number of fused-ring (bicyclic) bond motifs is 8. The first kappa shape index (κ1) is 40.4. The fourth-order valence-electron chi connectivity index (χ4n) is 11.9. The second-order valence-corrected chi connectivity index (χ2v) is 32.4. The molecule has 0 spiro atoms. The molecule has 4 aliphatic heterocycles. The molecule has 318 valence electrons. The highest BCUT2D eigenvalue weighted by Crippen LogP contribution is 2.57. The molecule has 65 heavy (non-hydrogen) atoms. The lowest BCUT2D eigenvalue weighted by Crippen LogP contribution is -2.63. The first-order valence-corrected chi connectivity index (χ1v) is 30.6. The lowest BCUT2D eigenvalue weighted by Gasteiger charge is -2.52. The van der Waals surface area contributed by atoms with Gasteiger partial charge in [0.05, 0.1) is 27.5 Å². The summed E-state index contributed by atoms with van der Waals surface area (Å²) in [6.45, 7) is 24.4. The van der Waals surface area contributed by atoms with E-state index in [9.17, 15) is 0 Å². The van der Waals surface area contributed by atoms with Crippen molar-refractivity contribution in [3.05, 3.63) is 186 Å². The molecule has 0 unspecified atom stereocenters. The highest BCUT2D eigenvalue weighted by atomic mass is 28.3. The normalized spacial score (nSPS) is 15.7. The second-order valence-electron chi connectivity index (χ2n) is 22.3. The maximum Gasteiger partial charge on any atom is 0.252 e. The van der Waals surface area contributed by atoms with Gasteiger partial charge in [0.15, 0.2) is 0 Å². The van der Waals surface area contributed by atoms with E-state index in [-0.39, 0.29) is 17.5 Å². The molecule has 0 amide bonds. The van der Waals surface area contributed by atoms with Crippen molar-refractivity contribution in [3.63, 3.8) is 0 Å². The predicted molar refractivity (Wildman–Crippen MR) is 287 cm³/mol. The zero-order valence-corrected chi connectivity index (χ0v) is 41.6. The van der Waals surface area contributed by atoms with Gasteiger partial charge in [0.1, 0.15) is 0 Å². The molecule has 0 fully saturated rings. The Balaban J connectivity index is 1.17. The van der Waals surface area contributed by atoms with Crippen molar-refractivity contribution in [1.82, 2.24) is 0 Å². The van der Waals surface area contributed by atoms with E-state index in [2.05, 4.69) is 241 Å². The molecule has 4 aliphatic rings. The van der Waals surface area contributed by atoms with E-state index < -0.39 is 16.1 Å². The Morgan fingerprint density at radius 3 is 1.11 bits per heavy atom. The molecule has 2 nitrogen and oxygen atoms in total. The van der Waals surface area contributed by atoms with E-state index in [4.69, 9.17) is 0 Å². The van der Waals surface area contributed by atoms with Crippen LogP contribution in [-0.4, -0.2) is 22.9 Å². The number of anilines is 6. The standard InChI is InChI=1S/C60H57BN2Si2/c1-59(2)46-17-11-13-23-52(46)62-54-36-43(42-34-40(38-25-29-44(30-26-38)64(5,6)7)33-41(35-42)39-27-31-45(32-28-39)65(8,9)10)37-55-56(54)61(50-21-15-19-48(59)57(50)62)51-22-16-20-49-58(51)63(55)53-24-14-12-18-47(53)60(49,3)4/h11-37H,1-10H3. The molecule has 12 rings (SSSR count). The fourth-order valence-corrected chi connectivity index (χ4v) is 14.2. The minimum atomic E-state index is -1.47. The molecule has 0 saturated carbocycles. The largest absolute Gasteiger partial charge is 0.311 e. The quantitative estimate of drug-likeness (QED) is 0.159. The van der Waals surface area contributed by atoms with Gasteiger partial charge < -0.3 is 9.80 Å². The Kier molecular flexibility index (Phi) is 8.51. The van der Waals surface area contributed by atoms with Gasteiger partial charge in [0.2, 0.25) is 0 Å². The Hall–Kier alpha value is -6.14. The van der Waals surface area contributed by atoms with Gasteiger partial charge in [-0.15, -0.1) is 0 Å². The monoisotopic (exact) mass is 872 g/mol. The molecule has 5 heteroatoms. The molecule has 0 bridgehead atoms. The van der Waals surface area contributed by atoms with E-state index in [1.54, 1.807) is 0 Å². The van der Waals surface area contributed by atoms with Crippen molar-refractivity contribution in [2.75, 3.05) is 9.80 Å². The maximum atomic E-state index is 2.65. The van der Waals surface area contributed by atoms with Crippen molar-refractivity contribution in [1.29, 1.82) is 0 Å². The summed E-state index contributed by atoms with van der Waals surface area (Å²) in [5, 5.41) is 2.97. The van der Waals surface area contributed by atoms with Gasteiger partial charge in [0, 0.05) is 33.6 Å². The second kappa shape index (κ2) is 13.7. The summed E-state index contributed by atoms with van der Waals surface area (Å²) >= 11 is 0. The van der Waals surface area contributed by atoms with E-state index in [0.717, 1.165) is 0 Å². The lowest BCUT2D eigenvalue weighted by molar-refractivity contribution is 0.632. The summed E-state index contributed by atoms with van der Waals surface area (Å²) in [4.78, 5) is 5.29. The summed E-state index contributed by atoms with van der Waals surface area (Å²) in [6.07, 6.45) is 0. The Morgan fingerprint density at radius 2 is 0.708 bits per heavy atom. The van der Waals surface area contributed by atoms with Crippen LogP contribution >= 0.6 is 0 Å². The molecular weight excluding hydrogens is 816 g/mol. The van der Waals surface area contributed by atoms with Gasteiger partial charge in [0.25, 0.3) is 6.71 Å². The van der Waals surface area contributed by atoms with Crippen LogP contribution in [0.25, 0.3) is 33.4 Å². The minimum absolute atomic E-state index is 0.0743. The van der Waals surface area contributed by atoms with Crippen LogP contribution in [0.3, 0.4) is 0 Å². The summed E-state index contributed by atoms with van der Waals surface area (Å²) in [6, 6.07) is 64.0. The number of rotatable bonds is 5. The van der Waals surface area contributed by atoms with Gasteiger partial charge in [-0.2, -0.15) is 0 Å². The number of benzene rings is 8. The van der Waals surface area contributed by atoms with E-state index >= 15 is 0 Å². The van der Waals surface area contributed by atoms with Crippen LogP contribution in [0, 0.1) is 0 Å². The van der Waals surface area contributed by atoms with Crippen molar-refractivity contribution < 1.29 is 0 Å². The van der Waals surface area contributed by atoms with Crippen LogP contribution in [0.5, 0.6) is 0 Å². The van der Waals surface area contributed by atoms with Crippen LogP contribution in [-0.2, 0) is 10.8 Å². The average Bonchev–Trinajstić information content (AvgIpc) is 3.30. The van der Waals surface area contributed by atoms with E-state index in [1.165, 1.54) is 117 Å². The molecule has 0 aliphatic carbocycles. The summed E-state index contributed by atoms with van der Waals surface area (Å²) in [7, 11) is -2.95. The van der Waals surface area contributed by atoms with E-state index in [0.29, 0.717) is 0 Å². The number of para-hydroxylation sites is 4. The van der Waals surface area contributed by atoms with Crippen molar-refractivity contribution in [2.45, 2.75) is 77.8 Å². The molecule has 4 heterocycles. The third-order valence-corrected chi connectivity index (χ3v) is 19.7. The van der Waals surface area contributed by atoms with Crippen molar-refractivity contribution >= 4 is 83.7 Å². The van der Waals surface area contributed by atoms with Crippen LogP contribution in [0.2, 0.25) is 39.3 Å². The maximum absolute atomic E-state index is 2.65. The molecule has 8 aromatic rings. The van der Waals surface area contributed by atoms with Gasteiger partial charge in [-0.3, -0.25) is 0 Å². The molecule has 0 N–H and O–H groups in total. The lowest BCUT2D eigenvalue weighted by atomic mass is 9.32. The number of nitrogens with zero attached hydrogens (tertiary/aromatic N) is 2. The van der Waals surface area contributed by atoms with Crippen LogP contribution < -0.4 is 36.6 Å². The number of hydrogen-bond acceptors (Lipinski definition) is 2. The molecule has 0 atom stereocenters. The Morgan fingerprint density at radius 1 is 0.354 bits per heavy atom. The van der Waals surface area contributed by atoms with Crippen molar-refractivity contribution in [3.8, 4) is 33.4 Å². The highest BCUT2D eigenvalue weighted by molar-refractivity contribution is 7.00. The molecule has 8 aromatic carbocycles. The first-order valence-electron chi connectivity index (χ1n) is 23.6. The van der Waals surface area contributed by atoms with E-state index in [1.807, 2.05) is 0 Å². The predicted octanol–water partition coefficient (Wildman–Crippen LogP) is 13.1. The van der Waals surface area contributed by atoms with Crippen LogP contribution in [0.4, 0.5) is 34.1 Å². The highest BCUT2D eigenvalue weighted by Gasteiger charge is 2.51. The summed E-state index contributed by atoms with van der Waals surface area (Å²) in [5.41, 5.74) is 24.5. The fraction of sp³-hybridized carbons (Fsp3) is 0.200. The summed E-state index contributed by atoms with van der Waals surface area (Å²) in [5.74, 6) is 0. The molecule has 0 radical (unpaired) electrons. The Bertz CT molecular complexity index is 3080. The zero-order chi connectivity index (χ0) is 44.9. The molecule has 0 saturated heterocycles. The topological polar surface area (TPSA) is 6.48 Å². The molecule has 0 aromatic heterocycles. The SMILES string of the molecule is CC1(C)c2ccccc2N2c3cc(-c4cc(-c5ccc([Si](C)(C)C)cc5)cc(-c5ccc([Si](C)(C)C)cc5)c4)cc4c3B(c3cccc1c32)c1cccc2c1N4c1ccccc1C2(C)C. The van der Waals surface area contributed by atoms with Gasteiger partial charge >= 0.3 is 0 Å². The average molecular weight is 873 g/mol. The summed E-state index contributed by atoms with van der Waals surface area (Å²) < 4.78 is 0. The minimum Gasteiger partial charge on any atom is -0.311 e. The van der Waals surface area contributed by atoms with Crippen LogP contribution in [0.1, 0.15) is 49.9 Å². The first-order chi connectivity index (χ1) is 31.0. The smallest absolute Gasteiger partial charge is 0.252 e. The van der Waals surface area contributed by atoms with Gasteiger partial charge in [-0.05, 0) is 114 Å². The van der Waals surface area contributed by atoms with Crippen molar-refractivity contribution in [2.24, 2.45) is 0 Å². The third kappa shape index (κ3) is 5.84. The molecular formula is C60H57BN2Si2. The van der Waals surface area contributed by atoms with Gasteiger partial charge in [-0.25, -0.2) is 0 Å². The van der Waals surface area contributed by atoms with Crippen LogP contribution in [0.15, 0.2) is 164 Å². The Labute approximate surface area is 388 Å².